The Hall–Kier alpha value is -1.28. The SMILES string of the molecule is CCCC/C(C#N)=C/C#N. The van der Waals surface area contributed by atoms with E-state index >= 15 is 0 Å². The molecule has 0 amide bonds. The highest BCUT2D eigenvalue weighted by atomic mass is 14.3. The molecule has 0 atom stereocenters. The molecule has 0 heterocycles. The highest BCUT2D eigenvalue weighted by Gasteiger charge is 1.91. The summed E-state index contributed by atoms with van der Waals surface area (Å²) in [5.41, 5.74) is 0.587. The number of hydrogen-bond donors (Lipinski definition) is 0. The van der Waals surface area contributed by atoms with Gasteiger partial charge in [0.05, 0.1) is 12.1 Å². The third-order valence-corrected chi connectivity index (χ3v) is 1.18. The lowest BCUT2D eigenvalue weighted by atomic mass is 10.1. The van der Waals surface area contributed by atoms with Crippen LogP contribution in [0.3, 0.4) is 0 Å². The average Bonchev–Trinajstić information content (AvgIpc) is 1.98. The van der Waals surface area contributed by atoms with Gasteiger partial charge in [0.15, 0.2) is 0 Å². The van der Waals surface area contributed by atoms with E-state index in [1.54, 1.807) is 0 Å². The molecule has 2 heteroatoms. The summed E-state index contributed by atoms with van der Waals surface area (Å²) < 4.78 is 0. The first-order valence-electron chi connectivity index (χ1n) is 3.34. The minimum Gasteiger partial charge on any atom is -0.193 e. The number of nitriles is 2. The second-order valence-corrected chi connectivity index (χ2v) is 2.01. The molecule has 0 aliphatic carbocycles. The van der Waals surface area contributed by atoms with E-state index in [1.807, 2.05) is 12.1 Å². The molecular weight excluding hydrogens is 124 g/mol. The van der Waals surface area contributed by atoms with Crippen LogP contribution < -0.4 is 0 Å². The molecule has 52 valence electrons. The fourth-order valence-electron chi connectivity index (χ4n) is 0.605. The van der Waals surface area contributed by atoms with Gasteiger partial charge in [-0.1, -0.05) is 13.3 Å². The van der Waals surface area contributed by atoms with Crippen molar-refractivity contribution in [3.05, 3.63) is 11.6 Å². The maximum atomic E-state index is 8.41. The van der Waals surface area contributed by atoms with Crippen molar-refractivity contribution in [3.63, 3.8) is 0 Å². The van der Waals surface area contributed by atoms with Crippen LogP contribution in [0.25, 0.3) is 0 Å². The summed E-state index contributed by atoms with van der Waals surface area (Å²) in [6.07, 6.45) is 4.10. The Labute approximate surface area is 61.4 Å². The first-order valence-corrected chi connectivity index (χ1v) is 3.34. The van der Waals surface area contributed by atoms with Crippen LogP contribution in [0.15, 0.2) is 11.6 Å². The van der Waals surface area contributed by atoms with Gasteiger partial charge in [-0.05, 0) is 12.8 Å². The van der Waals surface area contributed by atoms with E-state index in [9.17, 15) is 0 Å². The van der Waals surface area contributed by atoms with Crippen molar-refractivity contribution in [2.24, 2.45) is 0 Å². The Morgan fingerprint density at radius 3 is 2.60 bits per heavy atom. The van der Waals surface area contributed by atoms with Gasteiger partial charge >= 0.3 is 0 Å². The van der Waals surface area contributed by atoms with Crippen molar-refractivity contribution in [3.8, 4) is 12.1 Å². The number of nitrogens with zero attached hydrogens (tertiary/aromatic N) is 2. The minimum absolute atomic E-state index is 0.587. The Kier molecular flexibility index (Phi) is 5.10. The van der Waals surface area contributed by atoms with E-state index in [0.717, 1.165) is 19.3 Å². The zero-order valence-electron chi connectivity index (χ0n) is 6.09. The Morgan fingerprint density at radius 1 is 1.50 bits per heavy atom. The fourth-order valence-corrected chi connectivity index (χ4v) is 0.605. The highest BCUT2D eigenvalue weighted by Crippen LogP contribution is 2.04. The van der Waals surface area contributed by atoms with Crippen LogP contribution in [-0.4, -0.2) is 0 Å². The van der Waals surface area contributed by atoms with E-state index in [4.69, 9.17) is 10.5 Å². The lowest BCUT2D eigenvalue weighted by molar-refractivity contribution is 0.800. The van der Waals surface area contributed by atoms with Gasteiger partial charge in [0.1, 0.15) is 0 Å². The normalized spacial score (nSPS) is 10.1. The molecule has 0 aromatic heterocycles. The van der Waals surface area contributed by atoms with Crippen LogP contribution in [0.1, 0.15) is 26.2 Å². The lowest BCUT2D eigenvalue weighted by Crippen LogP contribution is -1.77. The molecule has 10 heavy (non-hydrogen) atoms. The van der Waals surface area contributed by atoms with Gasteiger partial charge in [-0.3, -0.25) is 0 Å². The Morgan fingerprint density at radius 2 is 2.20 bits per heavy atom. The number of unbranched alkanes of at least 4 members (excludes halogenated alkanes) is 1. The summed E-state index contributed by atoms with van der Waals surface area (Å²) in [6, 6.07) is 3.82. The summed E-state index contributed by atoms with van der Waals surface area (Å²) in [7, 11) is 0. The van der Waals surface area contributed by atoms with Gasteiger partial charge in [-0.15, -0.1) is 0 Å². The molecule has 0 aliphatic heterocycles. The van der Waals surface area contributed by atoms with Crippen LogP contribution in [0.4, 0.5) is 0 Å². The molecule has 0 unspecified atom stereocenters. The molecule has 2 nitrogen and oxygen atoms in total. The molecule has 0 rings (SSSR count). The van der Waals surface area contributed by atoms with E-state index in [1.165, 1.54) is 6.08 Å². The van der Waals surface area contributed by atoms with E-state index in [-0.39, 0.29) is 0 Å². The summed E-state index contributed by atoms with van der Waals surface area (Å²) in [5.74, 6) is 0. The van der Waals surface area contributed by atoms with Gasteiger partial charge in [0.25, 0.3) is 0 Å². The summed E-state index contributed by atoms with van der Waals surface area (Å²) in [6.45, 7) is 2.06. The predicted molar refractivity (Wildman–Crippen MR) is 38.8 cm³/mol. The molecule has 0 saturated heterocycles. The van der Waals surface area contributed by atoms with E-state index < -0.39 is 0 Å². The van der Waals surface area contributed by atoms with Crippen LogP contribution in [0.2, 0.25) is 0 Å². The highest BCUT2D eigenvalue weighted by molar-refractivity contribution is 5.26. The van der Waals surface area contributed by atoms with Gasteiger partial charge in [0.2, 0.25) is 0 Å². The smallest absolute Gasteiger partial charge is 0.0954 e. The van der Waals surface area contributed by atoms with Gasteiger partial charge < -0.3 is 0 Å². The summed E-state index contributed by atoms with van der Waals surface area (Å²) in [4.78, 5) is 0. The van der Waals surface area contributed by atoms with Gasteiger partial charge in [-0.25, -0.2) is 0 Å². The lowest BCUT2D eigenvalue weighted by Gasteiger charge is -1.90. The molecule has 0 aliphatic rings. The summed E-state index contributed by atoms with van der Waals surface area (Å²) >= 11 is 0. The van der Waals surface area contributed by atoms with Crippen molar-refractivity contribution in [2.75, 3.05) is 0 Å². The zero-order chi connectivity index (χ0) is 7.82. The van der Waals surface area contributed by atoms with Crippen molar-refractivity contribution < 1.29 is 0 Å². The number of allylic oxidation sites excluding steroid dienone is 2. The quantitative estimate of drug-likeness (QED) is 0.555. The van der Waals surface area contributed by atoms with Crippen LogP contribution in [0.5, 0.6) is 0 Å². The van der Waals surface area contributed by atoms with Gasteiger partial charge in [0, 0.05) is 11.6 Å². The standard InChI is InChI=1S/C8H10N2/c1-2-3-4-8(7-10)5-6-9/h5H,2-4H2,1H3/b8-5-. The van der Waals surface area contributed by atoms with Crippen molar-refractivity contribution in [1.82, 2.24) is 0 Å². The third kappa shape index (κ3) is 3.69. The molecular formula is C8H10N2. The van der Waals surface area contributed by atoms with Crippen LogP contribution >= 0.6 is 0 Å². The zero-order valence-corrected chi connectivity index (χ0v) is 6.09. The van der Waals surface area contributed by atoms with Crippen LogP contribution in [0, 0.1) is 22.7 Å². The van der Waals surface area contributed by atoms with Crippen molar-refractivity contribution in [2.45, 2.75) is 26.2 Å². The topological polar surface area (TPSA) is 47.6 Å². The fraction of sp³-hybridized carbons (Fsp3) is 0.500. The molecule has 0 bridgehead atoms. The second-order valence-electron chi connectivity index (χ2n) is 2.01. The van der Waals surface area contributed by atoms with E-state index in [0.29, 0.717) is 5.57 Å². The largest absolute Gasteiger partial charge is 0.193 e. The molecule has 0 aromatic carbocycles. The second kappa shape index (κ2) is 5.85. The molecule has 0 N–H and O–H groups in total. The molecule has 0 spiro atoms. The first kappa shape index (κ1) is 8.72. The van der Waals surface area contributed by atoms with Crippen molar-refractivity contribution in [1.29, 1.82) is 10.5 Å². The van der Waals surface area contributed by atoms with Crippen LogP contribution in [-0.2, 0) is 0 Å². The van der Waals surface area contributed by atoms with Crippen molar-refractivity contribution >= 4 is 0 Å². The third-order valence-electron chi connectivity index (χ3n) is 1.18. The molecule has 0 radical (unpaired) electrons. The van der Waals surface area contributed by atoms with E-state index in [2.05, 4.69) is 6.92 Å². The maximum Gasteiger partial charge on any atom is 0.0954 e. The molecule has 0 saturated carbocycles. The van der Waals surface area contributed by atoms with Gasteiger partial charge in [-0.2, -0.15) is 10.5 Å². The monoisotopic (exact) mass is 134 g/mol. The maximum absolute atomic E-state index is 8.41. The predicted octanol–water partition coefficient (Wildman–Crippen LogP) is 2.15. The summed E-state index contributed by atoms with van der Waals surface area (Å²) in [5, 5.41) is 16.6. The Bertz CT molecular complexity index is 190. The molecule has 0 fully saturated rings. The first-order chi connectivity index (χ1) is 4.85. The number of hydrogen-bond acceptors (Lipinski definition) is 2. The minimum atomic E-state index is 0.587. The Balaban J connectivity index is 3.78. The molecule has 0 aromatic rings. The average molecular weight is 134 g/mol. The number of rotatable bonds is 3.